The van der Waals surface area contributed by atoms with E-state index in [1.54, 1.807) is 12.3 Å². The van der Waals surface area contributed by atoms with Gasteiger partial charge in [-0.3, -0.25) is 19.3 Å². The van der Waals surface area contributed by atoms with Crippen molar-refractivity contribution in [1.29, 1.82) is 0 Å². The first-order chi connectivity index (χ1) is 10.6. The summed E-state index contributed by atoms with van der Waals surface area (Å²) in [5.74, 6) is -0.787. The number of hydrogen-bond acceptors (Lipinski definition) is 4. The van der Waals surface area contributed by atoms with Crippen LogP contribution >= 0.6 is 0 Å². The summed E-state index contributed by atoms with van der Waals surface area (Å²) in [6, 6.07) is 3.53. The maximum absolute atomic E-state index is 12.3. The van der Waals surface area contributed by atoms with Gasteiger partial charge in [-0.2, -0.15) is 0 Å². The lowest BCUT2D eigenvalue weighted by atomic mass is 9.81. The molecule has 3 rings (SSSR count). The number of carbonyl (C=O) groups is 3. The van der Waals surface area contributed by atoms with Gasteiger partial charge in [0.1, 0.15) is 12.4 Å². The number of aryl methyl sites for hydroxylation is 1. The molecule has 0 bridgehead atoms. The van der Waals surface area contributed by atoms with E-state index in [1.807, 2.05) is 13.0 Å². The number of fused-ring (bicyclic) bond motifs is 1. The van der Waals surface area contributed by atoms with Crippen LogP contribution in [0.4, 0.5) is 5.82 Å². The minimum Gasteiger partial charge on any atom is -0.309 e. The fraction of sp³-hybridized carbons (Fsp3) is 0.500. The molecule has 0 spiro atoms. The molecule has 2 atom stereocenters. The summed E-state index contributed by atoms with van der Waals surface area (Å²) in [6.07, 6.45) is 5.12. The van der Waals surface area contributed by atoms with Crippen molar-refractivity contribution in [3.05, 3.63) is 23.9 Å². The van der Waals surface area contributed by atoms with Crippen LogP contribution < -0.4 is 5.32 Å². The number of aromatic nitrogens is 1. The predicted octanol–water partition coefficient (Wildman–Crippen LogP) is 1.50. The normalized spacial score (nSPS) is 24.3. The molecule has 0 unspecified atom stereocenters. The second-order valence-electron chi connectivity index (χ2n) is 6.03. The fourth-order valence-electron chi connectivity index (χ4n) is 3.25. The summed E-state index contributed by atoms with van der Waals surface area (Å²) in [6.45, 7) is 1.68. The monoisotopic (exact) mass is 301 g/mol. The number of nitrogens with one attached hydrogen (secondary N) is 1. The van der Waals surface area contributed by atoms with Crippen molar-refractivity contribution in [2.45, 2.75) is 32.6 Å². The van der Waals surface area contributed by atoms with Gasteiger partial charge in [-0.15, -0.1) is 0 Å². The molecule has 6 heteroatoms. The maximum Gasteiger partial charge on any atom is 0.245 e. The van der Waals surface area contributed by atoms with Crippen LogP contribution in [0.25, 0.3) is 0 Å². The van der Waals surface area contributed by atoms with E-state index in [9.17, 15) is 14.4 Å². The number of pyridine rings is 1. The Labute approximate surface area is 128 Å². The van der Waals surface area contributed by atoms with Gasteiger partial charge in [0.25, 0.3) is 0 Å². The highest BCUT2D eigenvalue weighted by atomic mass is 16.2. The Kier molecular flexibility index (Phi) is 3.92. The van der Waals surface area contributed by atoms with Crippen molar-refractivity contribution in [3.8, 4) is 0 Å². The van der Waals surface area contributed by atoms with Gasteiger partial charge < -0.3 is 5.32 Å². The van der Waals surface area contributed by atoms with Crippen LogP contribution in [0, 0.1) is 18.8 Å². The van der Waals surface area contributed by atoms with E-state index in [1.165, 1.54) is 0 Å². The topological polar surface area (TPSA) is 79.4 Å². The number of imide groups is 1. The van der Waals surface area contributed by atoms with Crippen LogP contribution in [0.2, 0.25) is 0 Å². The average Bonchev–Trinajstić information content (AvgIpc) is 2.75. The summed E-state index contributed by atoms with van der Waals surface area (Å²) >= 11 is 0. The molecule has 0 radical (unpaired) electrons. The summed E-state index contributed by atoms with van der Waals surface area (Å²) in [7, 11) is 0. The fourth-order valence-corrected chi connectivity index (χ4v) is 3.25. The predicted molar refractivity (Wildman–Crippen MR) is 79.8 cm³/mol. The summed E-state index contributed by atoms with van der Waals surface area (Å²) in [5, 5.41) is 2.62. The molecule has 0 aromatic carbocycles. The second-order valence-corrected chi connectivity index (χ2v) is 6.03. The highest BCUT2D eigenvalue weighted by Crippen LogP contribution is 2.37. The van der Waals surface area contributed by atoms with E-state index in [0.717, 1.165) is 36.1 Å². The zero-order chi connectivity index (χ0) is 15.7. The van der Waals surface area contributed by atoms with Gasteiger partial charge in [0, 0.05) is 6.20 Å². The third kappa shape index (κ3) is 2.73. The molecule has 6 nitrogen and oxygen atoms in total. The molecular formula is C16H19N3O3. The lowest BCUT2D eigenvalue weighted by Gasteiger charge is -2.19. The lowest BCUT2D eigenvalue weighted by Crippen LogP contribution is -2.38. The Bertz CT molecular complexity index is 588. The molecule has 22 heavy (non-hydrogen) atoms. The van der Waals surface area contributed by atoms with Crippen LogP contribution in [0.5, 0.6) is 0 Å². The van der Waals surface area contributed by atoms with E-state index in [0.29, 0.717) is 5.82 Å². The van der Waals surface area contributed by atoms with Gasteiger partial charge in [-0.1, -0.05) is 18.9 Å². The highest BCUT2D eigenvalue weighted by Gasteiger charge is 2.48. The van der Waals surface area contributed by atoms with Crippen LogP contribution in [0.3, 0.4) is 0 Å². The quantitative estimate of drug-likeness (QED) is 0.858. The summed E-state index contributed by atoms with van der Waals surface area (Å²) in [5.41, 5.74) is 0.993. The number of hydrogen-bond donors (Lipinski definition) is 1. The molecule has 1 saturated carbocycles. The first-order valence-electron chi connectivity index (χ1n) is 7.64. The Balaban J connectivity index is 1.64. The largest absolute Gasteiger partial charge is 0.309 e. The van der Waals surface area contributed by atoms with E-state index in [4.69, 9.17) is 0 Å². The van der Waals surface area contributed by atoms with E-state index < -0.39 is 5.91 Å². The Morgan fingerprint density at radius 3 is 2.41 bits per heavy atom. The third-order valence-electron chi connectivity index (χ3n) is 4.41. The first kappa shape index (κ1) is 14.7. The number of amides is 3. The van der Waals surface area contributed by atoms with Crippen LogP contribution in [-0.4, -0.2) is 34.2 Å². The van der Waals surface area contributed by atoms with E-state index >= 15 is 0 Å². The minimum atomic E-state index is -0.392. The standard InChI is InChI=1S/C16H19N3O3/c1-10-6-7-13(17-8-10)18-14(20)9-19-15(21)11-4-2-3-5-12(11)16(19)22/h6-8,11-12H,2-5,9H2,1H3,(H,17,18,20)/t11-,12+. The first-order valence-corrected chi connectivity index (χ1v) is 7.64. The SMILES string of the molecule is Cc1ccc(NC(=O)CN2C(=O)[C@H]3CCCC[C@H]3C2=O)nc1. The third-order valence-corrected chi connectivity index (χ3v) is 4.41. The highest BCUT2D eigenvalue weighted by molar-refractivity contribution is 6.08. The van der Waals surface area contributed by atoms with Gasteiger partial charge >= 0.3 is 0 Å². The summed E-state index contributed by atoms with van der Waals surface area (Å²) < 4.78 is 0. The zero-order valence-electron chi connectivity index (χ0n) is 12.5. The Hall–Kier alpha value is -2.24. The Morgan fingerprint density at radius 2 is 1.86 bits per heavy atom. The van der Waals surface area contributed by atoms with Crippen molar-refractivity contribution in [2.24, 2.45) is 11.8 Å². The minimum absolute atomic E-state index is 0.193. The number of carbonyl (C=O) groups excluding carboxylic acids is 3. The van der Waals surface area contributed by atoms with Crippen LogP contribution in [-0.2, 0) is 14.4 Å². The molecule has 3 amide bonds. The van der Waals surface area contributed by atoms with E-state index in [2.05, 4.69) is 10.3 Å². The van der Waals surface area contributed by atoms with Gasteiger partial charge in [-0.25, -0.2) is 4.98 Å². The van der Waals surface area contributed by atoms with Crippen LogP contribution in [0.15, 0.2) is 18.3 Å². The molecule has 1 aliphatic carbocycles. The molecule has 1 saturated heterocycles. The molecule has 1 N–H and O–H groups in total. The average molecular weight is 301 g/mol. The molecule has 1 aliphatic heterocycles. The molecule has 2 heterocycles. The van der Waals surface area contributed by atoms with Gasteiger partial charge in [0.05, 0.1) is 11.8 Å². The number of nitrogens with zero attached hydrogens (tertiary/aromatic N) is 2. The van der Waals surface area contributed by atoms with Crippen molar-refractivity contribution in [3.63, 3.8) is 0 Å². The number of likely N-dealkylation sites (tertiary alicyclic amines) is 1. The molecule has 2 aliphatic rings. The van der Waals surface area contributed by atoms with Crippen molar-refractivity contribution >= 4 is 23.5 Å². The number of rotatable bonds is 3. The van der Waals surface area contributed by atoms with Crippen molar-refractivity contribution in [1.82, 2.24) is 9.88 Å². The van der Waals surface area contributed by atoms with Gasteiger partial charge in [-0.05, 0) is 31.4 Å². The number of anilines is 1. The van der Waals surface area contributed by atoms with Crippen LogP contribution in [0.1, 0.15) is 31.2 Å². The van der Waals surface area contributed by atoms with Gasteiger partial charge in [0.15, 0.2) is 0 Å². The second kappa shape index (κ2) is 5.87. The molecule has 116 valence electrons. The zero-order valence-corrected chi connectivity index (χ0v) is 12.5. The molecular weight excluding hydrogens is 282 g/mol. The summed E-state index contributed by atoms with van der Waals surface area (Å²) in [4.78, 5) is 41.8. The van der Waals surface area contributed by atoms with Crippen molar-refractivity contribution < 1.29 is 14.4 Å². The molecule has 1 aromatic heterocycles. The lowest BCUT2D eigenvalue weighted by molar-refractivity contribution is -0.142. The Morgan fingerprint density at radius 1 is 1.23 bits per heavy atom. The van der Waals surface area contributed by atoms with E-state index in [-0.39, 0.29) is 30.2 Å². The smallest absolute Gasteiger partial charge is 0.245 e. The van der Waals surface area contributed by atoms with Crippen molar-refractivity contribution in [2.75, 3.05) is 11.9 Å². The maximum atomic E-state index is 12.3. The molecule has 2 fully saturated rings. The molecule has 1 aromatic rings. The van der Waals surface area contributed by atoms with Gasteiger partial charge in [0.2, 0.25) is 17.7 Å².